The van der Waals surface area contributed by atoms with Gasteiger partial charge in [-0.25, -0.2) is 9.18 Å². The molecule has 0 aliphatic rings. The van der Waals surface area contributed by atoms with E-state index in [0.29, 0.717) is 5.56 Å². The van der Waals surface area contributed by atoms with E-state index in [1.807, 2.05) is 13.8 Å². The van der Waals surface area contributed by atoms with E-state index < -0.39 is 0 Å². The van der Waals surface area contributed by atoms with Gasteiger partial charge in [-0.05, 0) is 42.8 Å². The van der Waals surface area contributed by atoms with Crippen molar-refractivity contribution in [2.75, 3.05) is 0 Å². The van der Waals surface area contributed by atoms with E-state index in [1.54, 1.807) is 19.1 Å². The number of hydrogen-bond acceptors (Lipinski definition) is 3. The fourth-order valence-corrected chi connectivity index (χ4v) is 1.73. The number of nitrogens with zero attached hydrogens (tertiary/aromatic N) is 4. The Morgan fingerprint density at radius 1 is 1.33 bits per heavy atom. The van der Waals surface area contributed by atoms with Crippen molar-refractivity contribution in [2.24, 2.45) is 0 Å². The minimum atomic E-state index is -0.332. The molecule has 0 fully saturated rings. The van der Waals surface area contributed by atoms with Gasteiger partial charge in [0.15, 0.2) is 0 Å². The summed E-state index contributed by atoms with van der Waals surface area (Å²) in [4.78, 5) is 11.9. The molecule has 1 aromatic carbocycles. The largest absolute Gasteiger partial charge is 0.364 e. The molecule has 2 rings (SSSR count). The third kappa shape index (κ3) is 2.18. The summed E-state index contributed by atoms with van der Waals surface area (Å²) in [7, 11) is 0. The van der Waals surface area contributed by atoms with E-state index in [1.165, 1.54) is 15.4 Å². The topological polar surface area (TPSA) is 52.7 Å². The molecule has 1 aromatic heterocycles. The van der Waals surface area contributed by atoms with Gasteiger partial charge in [0.25, 0.3) is 0 Å². The molecule has 0 spiro atoms. The van der Waals surface area contributed by atoms with E-state index in [0.717, 1.165) is 5.56 Å². The van der Waals surface area contributed by atoms with Crippen molar-refractivity contribution < 1.29 is 4.39 Å². The summed E-state index contributed by atoms with van der Waals surface area (Å²) < 4.78 is 16.1. The summed E-state index contributed by atoms with van der Waals surface area (Å²) in [6, 6.07) is 4.76. The predicted molar refractivity (Wildman–Crippen MR) is 64.9 cm³/mol. The zero-order valence-corrected chi connectivity index (χ0v) is 10.6. The normalized spacial score (nSPS) is 11.2. The first-order valence-electron chi connectivity index (χ1n) is 5.77. The van der Waals surface area contributed by atoms with Gasteiger partial charge in [-0.15, -0.1) is 0 Å². The van der Waals surface area contributed by atoms with E-state index in [9.17, 15) is 9.18 Å². The molecular weight excluding hydrogens is 235 g/mol. The third-order valence-electron chi connectivity index (χ3n) is 2.81. The number of hydrogen-bond donors (Lipinski definition) is 0. The van der Waals surface area contributed by atoms with Crippen LogP contribution < -0.4 is 5.69 Å². The summed E-state index contributed by atoms with van der Waals surface area (Å²) >= 11 is 0. The average molecular weight is 250 g/mol. The standard InChI is InChI=1S/C12H15FN4O/c1-8(2)17-12(18)16(14-15-17)7-10-9(3)5-4-6-11(10)13/h4-6,8H,7H2,1-3H3. The van der Waals surface area contributed by atoms with Crippen LogP contribution in [0.25, 0.3) is 0 Å². The molecule has 0 unspecified atom stereocenters. The van der Waals surface area contributed by atoms with Crippen LogP contribution >= 0.6 is 0 Å². The lowest BCUT2D eigenvalue weighted by molar-refractivity contribution is 0.499. The van der Waals surface area contributed by atoms with Gasteiger partial charge in [-0.1, -0.05) is 12.1 Å². The Morgan fingerprint density at radius 3 is 2.61 bits per heavy atom. The van der Waals surface area contributed by atoms with Crippen molar-refractivity contribution in [1.82, 2.24) is 19.8 Å². The Kier molecular flexibility index (Phi) is 3.27. The van der Waals surface area contributed by atoms with Crippen molar-refractivity contribution in [3.05, 3.63) is 45.6 Å². The van der Waals surface area contributed by atoms with E-state index in [-0.39, 0.29) is 24.1 Å². The predicted octanol–water partition coefficient (Wildman–Crippen LogP) is 1.52. The van der Waals surface area contributed by atoms with E-state index in [4.69, 9.17) is 0 Å². The molecule has 96 valence electrons. The van der Waals surface area contributed by atoms with Crippen LogP contribution in [0.5, 0.6) is 0 Å². The summed E-state index contributed by atoms with van der Waals surface area (Å²) in [5.74, 6) is -0.332. The first-order chi connectivity index (χ1) is 8.50. The Morgan fingerprint density at radius 2 is 2.06 bits per heavy atom. The number of halogens is 1. The van der Waals surface area contributed by atoms with Crippen LogP contribution in [0.15, 0.2) is 23.0 Å². The lowest BCUT2D eigenvalue weighted by Crippen LogP contribution is -2.27. The maximum atomic E-state index is 13.7. The van der Waals surface area contributed by atoms with Crippen LogP contribution in [0.2, 0.25) is 0 Å². The van der Waals surface area contributed by atoms with E-state index >= 15 is 0 Å². The van der Waals surface area contributed by atoms with Gasteiger partial charge in [-0.2, -0.15) is 9.36 Å². The Balaban J connectivity index is 2.38. The van der Waals surface area contributed by atoms with Gasteiger partial charge < -0.3 is 0 Å². The highest BCUT2D eigenvalue weighted by Gasteiger charge is 2.12. The lowest BCUT2D eigenvalue weighted by Gasteiger charge is -2.05. The van der Waals surface area contributed by atoms with Crippen LogP contribution in [-0.4, -0.2) is 19.8 Å². The number of tetrazole rings is 1. The molecule has 5 nitrogen and oxygen atoms in total. The molecule has 0 N–H and O–H groups in total. The third-order valence-corrected chi connectivity index (χ3v) is 2.81. The number of rotatable bonds is 3. The van der Waals surface area contributed by atoms with Gasteiger partial charge in [0.05, 0.1) is 12.6 Å². The van der Waals surface area contributed by atoms with Crippen LogP contribution in [0.3, 0.4) is 0 Å². The quantitative estimate of drug-likeness (QED) is 0.829. The molecule has 0 saturated carbocycles. The highest BCUT2D eigenvalue weighted by molar-refractivity contribution is 5.27. The zero-order chi connectivity index (χ0) is 13.3. The van der Waals surface area contributed by atoms with Crippen molar-refractivity contribution >= 4 is 0 Å². The van der Waals surface area contributed by atoms with Crippen LogP contribution in [0.1, 0.15) is 31.0 Å². The monoisotopic (exact) mass is 250 g/mol. The van der Waals surface area contributed by atoms with Crippen molar-refractivity contribution in [3.8, 4) is 0 Å². The lowest BCUT2D eigenvalue weighted by atomic mass is 10.1. The summed E-state index contributed by atoms with van der Waals surface area (Å²) in [6.45, 7) is 5.59. The first kappa shape index (κ1) is 12.5. The van der Waals surface area contributed by atoms with Crippen molar-refractivity contribution in [3.63, 3.8) is 0 Å². The van der Waals surface area contributed by atoms with Crippen LogP contribution in [-0.2, 0) is 6.54 Å². The van der Waals surface area contributed by atoms with Crippen LogP contribution in [0, 0.1) is 12.7 Å². The average Bonchev–Trinajstić information content (AvgIpc) is 2.66. The summed E-state index contributed by atoms with van der Waals surface area (Å²) in [6.07, 6.45) is 0. The van der Waals surface area contributed by atoms with Crippen molar-refractivity contribution in [1.29, 1.82) is 0 Å². The van der Waals surface area contributed by atoms with Gasteiger partial charge in [-0.3, -0.25) is 0 Å². The summed E-state index contributed by atoms with van der Waals surface area (Å²) in [5, 5.41) is 7.53. The zero-order valence-electron chi connectivity index (χ0n) is 10.6. The molecule has 0 aliphatic heterocycles. The number of benzene rings is 1. The molecule has 1 heterocycles. The summed E-state index contributed by atoms with van der Waals surface area (Å²) in [5.41, 5.74) is 0.934. The van der Waals surface area contributed by atoms with Gasteiger partial charge in [0.1, 0.15) is 5.82 Å². The first-order valence-corrected chi connectivity index (χ1v) is 5.77. The maximum Gasteiger partial charge on any atom is 0.364 e. The van der Waals surface area contributed by atoms with Crippen LogP contribution in [0.4, 0.5) is 4.39 Å². The number of aryl methyl sites for hydroxylation is 1. The molecule has 0 atom stereocenters. The Hall–Kier alpha value is -1.98. The van der Waals surface area contributed by atoms with Gasteiger partial charge in [0.2, 0.25) is 0 Å². The highest BCUT2D eigenvalue weighted by Crippen LogP contribution is 2.12. The molecule has 6 heteroatoms. The molecule has 0 radical (unpaired) electrons. The second-order valence-electron chi connectivity index (χ2n) is 4.49. The molecule has 2 aromatic rings. The highest BCUT2D eigenvalue weighted by atomic mass is 19.1. The Labute approximate surface area is 104 Å². The fraction of sp³-hybridized carbons (Fsp3) is 0.417. The minimum absolute atomic E-state index is 0.0621. The van der Waals surface area contributed by atoms with E-state index in [2.05, 4.69) is 10.4 Å². The second-order valence-corrected chi connectivity index (χ2v) is 4.49. The molecule has 0 amide bonds. The molecule has 0 bridgehead atoms. The molecular formula is C12H15FN4O. The smallest absolute Gasteiger partial charge is 0.244 e. The Bertz CT molecular complexity index is 595. The van der Waals surface area contributed by atoms with Gasteiger partial charge >= 0.3 is 5.69 Å². The SMILES string of the molecule is Cc1cccc(F)c1Cn1nnn(C(C)C)c1=O. The molecule has 18 heavy (non-hydrogen) atoms. The molecule has 0 aliphatic carbocycles. The van der Waals surface area contributed by atoms with Crippen molar-refractivity contribution in [2.45, 2.75) is 33.4 Å². The second kappa shape index (κ2) is 4.72. The molecule has 0 saturated heterocycles. The maximum absolute atomic E-state index is 13.7. The number of aromatic nitrogens is 4. The minimum Gasteiger partial charge on any atom is -0.244 e. The fourth-order valence-electron chi connectivity index (χ4n) is 1.73. The van der Waals surface area contributed by atoms with Gasteiger partial charge in [0, 0.05) is 5.56 Å².